The van der Waals surface area contributed by atoms with Crippen LogP contribution in [0.15, 0.2) is 85.1 Å². The van der Waals surface area contributed by atoms with Crippen LogP contribution in [-0.2, 0) is 13.0 Å². The minimum atomic E-state index is 0.402. The Morgan fingerprint density at radius 1 is 0.708 bits per heavy atom. The summed E-state index contributed by atoms with van der Waals surface area (Å²) in [6, 6.07) is 26.7. The molecule has 2 heteroatoms. The number of nitrogens with zero attached hydrogens (tertiary/aromatic N) is 1. The first-order valence-corrected chi connectivity index (χ1v) is 8.19. The molecular weight excluding hydrogens is 294 g/mol. The zero-order valence-corrected chi connectivity index (χ0v) is 13.4. The van der Waals surface area contributed by atoms with E-state index in [1.54, 1.807) is 0 Å². The topological polar surface area (TPSA) is 25.2 Å². The third-order valence-electron chi connectivity index (χ3n) is 4.46. The maximum absolute atomic E-state index is 10.7. The van der Waals surface area contributed by atoms with Crippen LogP contribution in [0, 0.1) is 0 Å². The van der Waals surface area contributed by atoms with Gasteiger partial charge in [0.15, 0.2) is 0 Å². The molecule has 4 aromatic rings. The van der Waals surface area contributed by atoms with Crippen LogP contribution in [0.4, 0.5) is 0 Å². The maximum Gasteiger partial charge on any atom is 0.124 e. The number of fused-ring (bicyclic) bond motifs is 1. The molecule has 0 bridgehead atoms. The largest absolute Gasteiger partial charge is 0.507 e. The molecule has 118 valence electrons. The van der Waals surface area contributed by atoms with Gasteiger partial charge in [0, 0.05) is 23.7 Å². The van der Waals surface area contributed by atoms with Gasteiger partial charge in [0.1, 0.15) is 5.75 Å². The normalized spacial score (nSPS) is 11.0. The minimum absolute atomic E-state index is 0.402. The number of para-hydroxylation sites is 2. The summed E-state index contributed by atoms with van der Waals surface area (Å²) in [4.78, 5) is 0. The van der Waals surface area contributed by atoms with Crippen molar-refractivity contribution in [2.24, 2.45) is 0 Å². The van der Waals surface area contributed by atoms with Crippen molar-refractivity contribution in [3.05, 3.63) is 102 Å². The fourth-order valence-corrected chi connectivity index (χ4v) is 3.19. The van der Waals surface area contributed by atoms with E-state index in [-0.39, 0.29) is 0 Å². The molecule has 0 spiro atoms. The van der Waals surface area contributed by atoms with E-state index in [4.69, 9.17) is 0 Å². The molecule has 1 aromatic heterocycles. The second-order valence-corrected chi connectivity index (χ2v) is 6.09. The molecule has 0 fully saturated rings. The van der Waals surface area contributed by atoms with E-state index in [0.717, 1.165) is 17.5 Å². The Morgan fingerprint density at radius 2 is 1.46 bits per heavy atom. The first-order valence-electron chi connectivity index (χ1n) is 8.19. The van der Waals surface area contributed by atoms with Crippen molar-refractivity contribution in [1.29, 1.82) is 0 Å². The van der Waals surface area contributed by atoms with Gasteiger partial charge in [0.2, 0.25) is 0 Å². The summed E-state index contributed by atoms with van der Waals surface area (Å²) >= 11 is 0. The molecule has 0 aliphatic rings. The number of phenolic OH excluding ortho intramolecular Hbond substituents is 1. The molecule has 0 atom stereocenters. The van der Waals surface area contributed by atoms with Crippen LogP contribution in [0.2, 0.25) is 0 Å². The highest BCUT2D eigenvalue weighted by Gasteiger charge is 2.09. The lowest BCUT2D eigenvalue weighted by molar-refractivity contribution is 0.460. The van der Waals surface area contributed by atoms with Crippen molar-refractivity contribution in [3.63, 3.8) is 0 Å². The molecule has 0 radical (unpaired) electrons. The highest BCUT2D eigenvalue weighted by molar-refractivity contribution is 5.80. The number of benzene rings is 3. The minimum Gasteiger partial charge on any atom is -0.507 e. The van der Waals surface area contributed by atoms with Crippen LogP contribution in [0.5, 0.6) is 5.75 Å². The Labute approximate surface area is 141 Å². The van der Waals surface area contributed by atoms with Gasteiger partial charge in [-0.1, -0.05) is 66.7 Å². The highest BCUT2D eigenvalue weighted by Crippen LogP contribution is 2.27. The second-order valence-electron chi connectivity index (χ2n) is 6.09. The van der Waals surface area contributed by atoms with E-state index in [1.807, 2.05) is 48.5 Å². The average molecular weight is 313 g/mol. The van der Waals surface area contributed by atoms with Gasteiger partial charge in [-0.05, 0) is 28.6 Å². The zero-order valence-electron chi connectivity index (χ0n) is 13.4. The van der Waals surface area contributed by atoms with Crippen LogP contribution >= 0.6 is 0 Å². The SMILES string of the molecule is Oc1c(Cc2ccccc2)cccc1Cn1ccc2ccccc21. The van der Waals surface area contributed by atoms with Crippen molar-refractivity contribution in [1.82, 2.24) is 4.57 Å². The molecular formula is C22H19NO. The van der Waals surface area contributed by atoms with Gasteiger partial charge < -0.3 is 9.67 Å². The standard InChI is InChI=1S/C22H19NO/c24-22-19(15-17-7-2-1-3-8-17)10-6-11-20(22)16-23-14-13-18-9-4-5-12-21(18)23/h1-14,24H,15-16H2. The second kappa shape index (κ2) is 6.25. The van der Waals surface area contributed by atoms with Crippen molar-refractivity contribution in [3.8, 4) is 5.75 Å². The summed E-state index contributed by atoms with van der Waals surface area (Å²) in [5, 5.41) is 11.9. The molecule has 2 nitrogen and oxygen atoms in total. The summed E-state index contributed by atoms with van der Waals surface area (Å²) < 4.78 is 2.18. The molecule has 0 unspecified atom stereocenters. The van der Waals surface area contributed by atoms with Gasteiger partial charge in [-0.2, -0.15) is 0 Å². The predicted molar refractivity (Wildman–Crippen MR) is 98.4 cm³/mol. The van der Waals surface area contributed by atoms with Crippen LogP contribution < -0.4 is 0 Å². The molecule has 0 aliphatic carbocycles. The fourth-order valence-electron chi connectivity index (χ4n) is 3.19. The van der Waals surface area contributed by atoms with Gasteiger partial charge in [0.25, 0.3) is 0 Å². The summed E-state index contributed by atoms with van der Waals surface area (Å²) in [5.41, 5.74) is 4.31. The Balaban J connectivity index is 1.65. The van der Waals surface area contributed by atoms with Gasteiger partial charge in [-0.25, -0.2) is 0 Å². The summed E-state index contributed by atoms with van der Waals surface area (Å²) in [6.45, 7) is 0.669. The predicted octanol–water partition coefficient (Wildman–Crippen LogP) is 4.99. The number of aromatic hydroxyl groups is 1. The lowest BCUT2D eigenvalue weighted by Gasteiger charge is -2.12. The van der Waals surface area contributed by atoms with Crippen LogP contribution in [0.25, 0.3) is 10.9 Å². The molecule has 0 saturated carbocycles. The first-order chi connectivity index (χ1) is 11.8. The number of phenols is 1. The quantitative estimate of drug-likeness (QED) is 0.564. The number of hydrogen-bond acceptors (Lipinski definition) is 1. The van der Waals surface area contributed by atoms with Crippen molar-refractivity contribution in [2.75, 3.05) is 0 Å². The third kappa shape index (κ3) is 2.79. The van der Waals surface area contributed by atoms with E-state index in [2.05, 4.69) is 41.1 Å². The van der Waals surface area contributed by atoms with Gasteiger partial charge in [0.05, 0.1) is 6.54 Å². The smallest absolute Gasteiger partial charge is 0.124 e. The van der Waals surface area contributed by atoms with Crippen molar-refractivity contribution in [2.45, 2.75) is 13.0 Å². The molecule has 4 rings (SSSR count). The molecule has 1 N–H and O–H groups in total. The summed E-state index contributed by atoms with van der Waals surface area (Å²) in [5.74, 6) is 0.402. The Morgan fingerprint density at radius 3 is 2.33 bits per heavy atom. The molecule has 3 aromatic carbocycles. The van der Waals surface area contributed by atoms with Crippen molar-refractivity contribution < 1.29 is 5.11 Å². The first kappa shape index (κ1) is 14.6. The maximum atomic E-state index is 10.7. The Kier molecular flexibility index (Phi) is 3.80. The van der Waals surface area contributed by atoms with Crippen LogP contribution in [0.3, 0.4) is 0 Å². The third-order valence-corrected chi connectivity index (χ3v) is 4.46. The van der Waals surface area contributed by atoms with Crippen LogP contribution in [-0.4, -0.2) is 9.67 Å². The lowest BCUT2D eigenvalue weighted by atomic mass is 10.0. The monoisotopic (exact) mass is 313 g/mol. The number of rotatable bonds is 4. The van der Waals surface area contributed by atoms with E-state index >= 15 is 0 Å². The lowest BCUT2D eigenvalue weighted by Crippen LogP contribution is -2.00. The van der Waals surface area contributed by atoms with E-state index < -0.39 is 0 Å². The van der Waals surface area contributed by atoms with Gasteiger partial charge >= 0.3 is 0 Å². The Bertz CT molecular complexity index is 970. The fraction of sp³-hybridized carbons (Fsp3) is 0.0909. The van der Waals surface area contributed by atoms with Crippen LogP contribution in [0.1, 0.15) is 16.7 Å². The van der Waals surface area contributed by atoms with Gasteiger partial charge in [-0.15, -0.1) is 0 Å². The molecule has 0 saturated heterocycles. The summed E-state index contributed by atoms with van der Waals surface area (Å²) in [6.07, 6.45) is 2.82. The van der Waals surface area contributed by atoms with E-state index in [0.29, 0.717) is 12.3 Å². The Hall–Kier alpha value is -3.00. The zero-order chi connectivity index (χ0) is 16.4. The van der Waals surface area contributed by atoms with Crippen molar-refractivity contribution >= 4 is 10.9 Å². The van der Waals surface area contributed by atoms with E-state index in [9.17, 15) is 5.11 Å². The van der Waals surface area contributed by atoms with Gasteiger partial charge in [-0.3, -0.25) is 0 Å². The number of hydrogen-bond donors (Lipinski definition) is 1. The molecule has 0 amide bonds. The van der Waals surface area contributed by atoms with E-state index in [1.165, 1.54) is 16.5 Å². The molecule has 1 heterocycles. The highest BCUT2D eigenvalue weighted by atomic mass is 16.3. The molecule has 24 heavy (non-hydrogen) atoms. The average Bonchev–Trinajstić information content (AvgIpc) is 3.03. The number of aromatic nitrogens is 1. The summed E-state index contributed by atoms with van der Waals surface area (Å²) in [7, 11) is 0. The molecule has 0 aliphatic heterocycles.